The highest BCUT2D eigenvalue weighted by Gasteiger charge is 2.37. The lowest BCUT2D eigenvalue weighted by atomic mass is 9.99. The van der Waals surface area contributed by atoms with Gasteiger partial charge in [-0.15, -0.1) is 0 Å². The summed E-state index contributed by atoms with van der Waals surface area (Å²) >= 11 is 3.45. The van der Waals surface area contributed by atoms with Crippen molar-refractivity contribution in [2.75, 3.05) is 25.3 Å². The Hall–Kier alpha value is -2.36. The molecule has 7 nitrogen and oxygen atoms in total. The number of nitrogens with zero attached hydrogens (tertiary/aromatic N) is 1. The molecule has 9 heteroatoms. The third-order valence-electron chi connectivity index (χ3n) is 6.17. The first-order chi connectivity index (χ1) is 15.3. The number of benzene rings is 2. The maximum atomic E-state index is 13.2. The zero-order chi connectivity index (χ0) is 22.6. The molecule has 0 radical (unpaired) electrons. The minimum Gasteiger partial charge on any atom is -0.496 e. The molecular formula is C23H22BrNO6S. The highest BCUT2D eigenvalue weighted by atomic mass is 79.9. The molecule has 0 spiro atoms. The second kappa shape index (κ2) is 7.90. The lowest BCUT2D eigenvalue weighted by molar-refractivity contribution is 0.0637. The minimum atomic E-state index is -2.99. The van der Waals surface area contributed by atoms with Crippen LogP contribution in [0, 0.1) is 6.92 Å². The van der Waals surface area contributed by atoms with Crippen LogP contribution in [0.25, 0.3) is 6.08 Å². The summed E-state index contributed by atoms with van der Waals surface area (Å²) in [5.41, 5.74) is 2.86. The normalized spacial score (nSPS) is 22.9. The Kier molecular flexibility index (Phi) is 5.30. The van der Waals surface area contributed by atoms with Gasteiger partial charge >= 0.3 is 0 Å². The topological polar surface area (TPSA) is 82.1 Å². The Balaban J connectivity index is 1.47. The monoisotopic (exact) mass is 519 g/mol. The molecule has 1 atom stereocenters. The van der Waals surface area contributed by atoms with E-state index < -0.39 is 9.84 Å². The first-order valence-corrected chi connectivity index (χ1v) is 12.9. The molecule has 2 aromatic carbocycles. The molecule has 0 aromatic heterocycles. The molecule has 3 aliphatic rings. The van der Waals surface area contributed by atoms with E-state index in [0.29, 0.717) is 42.5 Å². The number of Topliss-reactive ketones (excluding diaryl/α,β-unsaturated/α-hetero) is 1. The van der Waals surface area contributed by atoms with E-state index in [4.69, 9.17) is 14.2 Å². The van der Waals surface area contributed by atoms with Crippen LogP contribution in [-0.4, -0.2) is 50.5 Å². The fourth-order valence-electron chi connectivity index (χ4n) is 4.52. The van der Waals surface area contributed by atoms with Crippen LogP contribution in [0.15, 0.2) is 34.5 Å². The molecule has 0 aliphatic carbocycles. The first kappa shape index (κ1) is 21.5. The van der Waals surface area contributed by atoms with Gasteiger partial charge in [-0.1, -0.05) is 15.9 Å². The Morgan fingerprint density at radius 1 is 1.25 bits per heavy atom. The van der Waals surface area contributed by atoms with Crippen LogP contribution in [0.3, 0.4) is 0 Å². The predicted molar refractivity (Wildman–Crippen MR) is 123 cm³/mol. The van der Waals surface area contributed by atoms with E-state index in [2.05, 4.69) is 15.9 Å². The number of carbonyl (C=O) groups is 1. The van der Waals surface area contributed by atoms with E-state index >= 15 is 0 Å². The summed E-state index contributed by atoms with van der Waals surface area (Å²) in [7, 11) is -1.41. The molecule has 1 unspecified atom stereocenters. The summed E-state index contributed by atoms with van der Waals surface area (Å²) in [5.74, 6) is 2.23. The zero-order valence-corrected chi connectivity index (χ0v) is 20.1. The van der Waals surface area contributed by atoms with Gasteiger partial charge in [-0.25, -0.2) is 8.42 Å². The molecule has 5 rings (SSSR count). The summed E-state index contributed by atoms with van der Waals surface area (Å²) in [5, 5.41) is 0. The Morgan fingerprint density at radius 2 is 2.06 bits per heavy atom. The SMILES string of the molecule is COc1ccc(Br)cc1/C=C1\Oc2c(cc3c(c2C)OCN(C2CCS(=O)(=O)C2)C3)C1=O. The molecule has 1 saturated heterocycles. The van der Waals surface area contributed by atoms with Crippen molar-refractivity contribution < 1.29 is 27.4 Å². The van der Waals surface area contributed by atoms with Crippen LogP contribution in [0.4, 0.5) is 0 Å². The fourth-order valence-corrected chi connectivity index (χ4v) is 6.66. The van der Waals surface area contributed by atoms with Gasteiger partial charge < -0.3 is 14.2 Å². The van der Waals surface area contributed by atoms with Crippen LogP contribution < -0.4 is 14.2 Å². The fraction of sp³-hybridized carbons (Fsp3) is 0.348. The average Bonchev–Trinajstić information content (AvgIpc) is 3.28. The third kappa shape index (κ3) is 3.72. The van der Waals surface area contributed by atoms with Crippen LogP contribution in [0.5, 0.6) is 17.2 Å². The summed E-state index contributed by atoms with van der Waals surface area (Å²) in [6.45, 7) is 2.73. The summed E-state index contributed by atoms with van der Waals surface area (Å²) in [6.07, 6.45) is 2.29. The van der Waals surface area contributed by atoms with Crippen LogP contribution >= 0.6 is 15.9 Å². The zero-order valence-electron chi connectivity index (χ0n) is 17.7. The van der Waals surface area contributed by atoms with E-state index in [1.165, 1.54) is 0 Å². The number of fused-ring (bicyclic) bond motifs is 2. The number of hydrogen-bond donors (Lipinski definition) is 0. The predicted octanol–water partition coefficient (Wildman–Crippen LogP) is 3.72. The Morgan fingerprint density at radius 3 is 2.78 bits per heavy atom. The lowest BCUT2D eigenvalue weighted by Gasteiger charge is -2.33. The number of carbonyl (C=O) groups excluding carboxylic acids is 1. The maximum Gasteiger partial charge on any atom is 0.231 e. The quantitative estimate of drug-likeness (QED) is 0.571. The van der Waals surface area contributed by atoms with Gasteiger partial charge in [0.2, 0.25) is 5.78 Å². The third-order valence-corrected chi connectivity index (χ3v) is 8.41. The Bertz CT molecular complexity index is 1270. The number of ether oxygens (including phenoxy) is 3. The van der Waals surface area contributed by atoms with Crippen molar-refractivity contribution in [1.82, 2.24) is 4.90 Å². The van der Waals surface area contributed by atoms with Crippen molar-refractivity contribution in [2.24, 2.45) is 0 Å². The molecule has 32 heavy (non-hydrogen) atoms. The smallest absolute Gasteiger partial charge is 0.231 e. The van der Waals surface area contributed by atoms with E-state index in [1.807, 2.05) is 36.1 Å². The van der Waals surface area contributed by atoms with Gasteiger partial charge in [-0.2, -0.15) is 0 Å². The molecular weight excluding hydrogens is 498 g/mol. The lowest BCUT2D eigenvalue weighted by Crippen LogP contribution is -2.41. The molecule has 3 heterocycles. The highest BCUT2D eigenvalue weighted by molar-refractivity contribution is 9.10. The number of rotatable bonds is 3. The number of allylic oxidation sites excluding steroid dienone is 1. The van der Waals surface area contributed by atoms with Crippen molar-refractivity contribution in [3.05, 3.63) is 56.8 Å². The first-order valence-electron chi connectivity index (χ1n) is 10.3. The van der Waals surface area contributed by atoms with Crippen molar-refractivity contribution in [3.63, 3.8) is 0 Å². The number of methoxy groups -OCH3 is 1. The largest absolute Gasteiger partial charge is 0.496 e. The summed E-state index contributed by atoms with van der Waals surface area (Å²) in [6, 6.07) is 7.30. The van der Waals surface area contributed by atoms with Crippen molar-refractivity contribution in [2.45, 2.75) is 25.9 Å². The van der Waals surface area contributed by atoms with Gasteiger partial charge in [0.1, 0.15) is 24.0 Å². The average molecular weight is 520 g/mol. The van der Waals surface area contributed by atoms with Crippen molar-refractivity contribution in [3.8, 4) is 17.2 Å². The van der Waals surface area contributed by atoms with Gasteiger partial charge in [0.25, 0.3) is 0 Å². The molecule has 0 bridgehead atoms. The van der Waals surface area contributed by atoms with Gasteiger partial charge in [-0.05, 0) is 43.7 Å². The van der Waals surface area contributed by atoms with Crippen LogP contribution in [0.1, 0.15) is 33.5 Å². The number of ketones is 1. The van der Waals surface area contributed by atoms with Crippen molar-refractivity contribution in [1.29, 1.82) is 0 Å². The second-order valence-corrected chi connectivity index (χ2v) is 11.4. The van der Waals surface area contributed by atoms with E-state index in [1.54, 1.807) is 13.2 Å². The molecule has 0 amide bonds. The maximum absolute atomic E-state index is 13.2. The molecule has 3 aliphatic heterocycles. The molecule has 2 aromatic rings. The number of halogens is 1. The molecule has 0 saturated carbocycles. The summed E-state index contributed by atoms with van der Waals surface area (Å²) in [4.78, 5) is 15.2. The van der Waals surface area contributed by atoms with Crippen LogP contribution in [-0.2, 0) is 16.4 Å². The Labute approximate surface area is 195 Å². The van der Waals surface area contributed by atoms with E-state index in [-0.39, 0.29) is 29.1 Å². The molecule has 168 valence electrons. The summed E-state index contributed by atoms with van der Waals surface area (Å²) < 4.78 is 42.0. The van der Waals surface area contributed by atoms with E-state index in [0.717, 1.165) is 21.2 Å². The van der Waals surface area contributed by atoms with E-state index in [9.17, 15) is 13.2 Å². The van der Waals surface area contributed by atoms with Crippen molar-refractivity contribution >= 4 is 37.6 Å². The number of hydrogen-bond acceptors (Lipinski definition) is 7. The minimum absolute atomic E-state index is 0.0619. The second-order valence-electron chi connectivity index (χ2n) is 8.27. The number of sulfone groups is 1. The standard InChI is InChI=1S/C23H22BrNO6S/c1-13-22-15(10-25(12-30-22)17-5-6-32(27,28)11-17)8-18-21(26)20(31-23(13)18)9-14-7-16(24)3-4-19(14)29-2/h3-4,7-9,17H,5-6,10-12H2,1-2H3/b20-9-. The van der Waals surface area contributed by atoms with Crippen LogP contribution in [0.2, 0.25) is 0 Å². The van der Waals surface area contributed by atoms with Gasteiger partial charge in [0.05, 0.1) is 24.2 Å². The molecule has 0 N–H and O–H groups in total. The molecule has 1 fully saturated rings. The van der Waals surface area contributed by atoms with Gasteiger partial charge in [0, 0.05) is 33.7 Å². The highest BCUT2D eigenvalue weighted by Crippen LogP contribution is 2.44. The van der Waals surface area contributed by atoms with Gasteiger partial charge in [0.15, 0.2) is 15.6 Å². The van der Waals surface area contributed by atoms with Gasteiger partial charge in [-0.3, -0.25) is 9.69 Å².